The molecule has 0 aliphatic carbocycles. The Hall–Kier alpha value is -4.35. The summed E-state index contributed by atoms with van der Waals surface area (Å²) in [6.07, 6.45) is 1.40. The highest BCUT2D eigenvalue weighted by atomic mass is 16.5. The molecule has 0 saturated heterocycles. The number of benzene rings is 1. The fourth-order valence-electron chi connectivity index (χ4n) is 4.28. The molecule has 0 spiro atoms. The molecule has 41 heavy (non-hydrogen) atoms. The standard InChI is InChI=1S/C29H38N6O6/c1-17(2)14-22(34-27(38)24(18(3)4)35-29(40)41-16-19-8-6-5-7-9-19)26(37)33-21-15-23-30-12-10-20(32-23)11-13-31-28(39)25(21)36/h5-10,12,17-18,21-22,24H,11,13-16H2,1-4H3,(H,31,39)(H,33,37)(H,34,38)(H,35,40). The number of rotatable bonds is 10. The molecular weight excluding hydrogens is 528 g/mol. The molecule has 3 unspecified atom stereocenters. The maximum atomic E-state index is 13.4. The lowest BCUT2D eigenvalue weighted by Crippen LogP contribution is -2.58. The summed E-state index contributed by atoms with van der Waals surface area (Å²) >= 11 is 0. The Bertz CT molecular complexity index is 1240. The van der Waals surface area contributed by atoms with Crippen LogP contribution in [0.1, 0.15) is 51.2 Å². The van der Waals surface area contributed by atoms with E-state index in [1.165, 1.54) is 0 Å². The van der Waals surface area contributed by atoms with Crippen LogP contribution in [0.25, 0.3) is 0 Å². The Morgan fingerprint density at radius 3 is 2.44 bits per heavy atom. The zero-order valence-corrected chi connectivity index (χ0v) is 23.8. The molecule has 0 radical (unpaired) electrons. The first-order chi connectivity index (χ1) is 19.5. The summed E-state index contributed by atoms with van der Waals surface area (Å²) in [6.45, 7) is 7.52. The maximum absolute atomic E-state index is 13.4. The number of Topliss-reactive ketones (excluding diaryl/α,β-unsaturated/α-hetero) is 1. The molecule has 1 aliphatic rings. The topological polar surface area (TPSA) is 168 Å². The minimum Gasteiger partial charge on any atom is -0.445 e. The number of amides is 4. The molecule has 220 valence electrons. The van der Waals surface area contributed by atoms with Crippen molar-refractivity contribution in [2.24, 2.45) is 11.8 Å². The highest BCUT2D eigenvalue weighted by Gasteiger charge is 2.34. The van der Waals surface area contributed by atoms with Gasteiger partial charge in [-0.05, 0) is 29.9 Å². The minimum absolute atomic E-state index is 0.00425. The van der Waals surface area contributed by atoms with Gasteiger partial charge in [0.25, 0.3) is 5.91 Å². The summed E-state index contributed by atoms with van der Waals surface area (Å²) in [7, 11) is 0. The van der Waals surface area contributed by atoms with E-state index < -0.39 is 47.7 Å². The van der Waals surface area contributed by atoms with Crippen LogP contribution in [-0.4, -0.2) is 64.2 Å². The molecule has 3 atom stereocenters. The van der Waals surface area contributed by atoms with Crippen LogP contribution < -0.4 is 21.3 Å². The number of hydrogen-bond donors (Lipinski definition) is 4. The SMILES string of the molecule is CC(C)CC(NC(=O)C(NC(=O)OCc1ccccc1)C(C)C)C(=O)NC1Cc2nccc(n2)CCNC(=O)C1=O. The van der Waals surface area contributed by atoms with Gasteiger partial charge in [-0.15, -0.1) is 0 Å². The number of nitrogens with zero attached hydrogens (tertiary/aromatic N) is 2. The third-order valence-corrected chi connectivity index (χ3v) is 6.45. The predicted molar refractivity (Wildman–Crippen MR) is 149 cm³/mol. The zero-order chi connectivity index (χ0) is 29.9. The van der Waals surface area contributed by atoms with E-state index in [9.17, 15) is 24.0 Å². The fraction of sp³-hybridized carbons (Fsp3) is 0.483. The number of aromatic nitrogens is 2. The molecular formula is C29H38N6O6. The molecule has 1 aromatic heterocycles. The van der Waals surface area contributed by atoms with Gasteiger partial charge in [0.05, 0.1) is 0 Å². The second-order valence-corrected chi connectivity index (χ2v) is 10.7. The largest absolute Gasteiger partial charge is 0.445 e. The first-order valence-corrected chi connectivity index (χ1v) is 13.7. The lowest BCUT2D eigenvalue weighted by molar-refractivity contribution is -0.140. The van der Waals surface area contributed by atoms with Gasteiger partial charge in [0.15, 0.2) is 0 Å². The van der Waals surface area contributed by atoms with E-state index in [0.717, 1.165) is 5.56 Å². The number of fused-ring (bicyclic) bond motifs is 2. The molecule has 2 aromatic rings. The number of ketones is 1. The maximum Gasteiger partial charge on any atom is 0.408 e. The number of ether oxygens (including phenoxy) is 1. The lowest BCUT2D eigenvalue weighted by atomic mass is 9.99. The van der Waals surface area contributed by atoms with E-state index in [2.05, 4.69) is 31.2 Å². The fourth-order valence-corrected chi connectivity index (χ4v) is 4.28. The Kier molecular flexibility index (Phi) is 11.3. The van der Waals surface area contributed by atoms with E-state index >= 15 is 0 Å². The zero-order valence-electron chi connectivity index (χ0n) is 23.8. The molecule has 4 amide bonds. The number of hydrogen-bond acceptors (Lipinski definition) is 8. The monoisotopic (exact) mass is 566 g/mol. The summed E-state index contributed by atoms with van der Waals surface area (Å²) in [6, 6.07) is 7.59. The molecule has 1 aliphatic heterocycles. The molecule has 0 fully saturated rings. The summed E-state index contributed by atoms with van der Waals surface area (Å²) in [5.74, 6) is -2.87. The quantitative estimate of drug-likeness (QED) is 0.311. The van der Waals surface area contributed by atoms with Crippen LogP contribution in [0.5, 0.6) is 0 Å². The summed E-state index contributed by atoms with van der Waals surface area (Å²) in [4.78, 5) is 73.1. The number of carbonyl (C=O) groups is 5. The molecule has 12 nitrogen and oxygen atoms in total. The summed E-state index contributed by atoms with van der Waals surface area (Å²) in [5.41, 5.74) is 1.50. The lowest BCUT2D eigenvalue weighted by Gasteiger charge is -2.27. The van der Waals surface area contributed by atoms with Crippen molar-refractivity contribution in [1.82, 2.24) is 31.2 Å². The first-order valence-electron chi connectivity index (χ1n) is 13.7. The average molecular weight is 567 g/mol. The average Bonchev–Trinajstić information content (AvgIpc) is 2.93. The normalized spacial score (nSPS) is 16.8. The van der Waals surface area contributed by atoms with E-state index in [1.807, 2.05) is 44.2 Å². The third-order valence-electron chi connectivity index (χ3n) is 6.45. The van der Waals surface area contributed by atoms with Gasteiger partial charge in [0.1, 0.15) is 30.6 Å². The van der Waals surface area contributed by atoms with E-state index in [-0.39, 0.29) is 37.8 Å². The van der Waals surface area contributed by atoms with Gasteiger partial charge in [0.2, 0.25) is 17.6 Å². The Morgan fingerprint density at radius 2 is 1.76 bits per heavy atom. The van der Waals surface area contributed by atoms with Crippen molar-refractivity contribution in [3.05, 3.63) is 59.7 Å². The van der Waals surface area contributed by atoms with Crippen molar-refractivity contribution in [2.75, 3.05) is 6.54 Å². The second kappa shape index (κ2) is 14.9. The van der Waals surface area contributed by atoms with Gasteiger partial charge in [0, 0.05) is 31.3 Å². The van der Waals surface area contributed by atoms with Crippen LogP contribution in [0.4, 0.5) is 4.79 Å². The van der Waals surface area contributed by atoms with Gasteiger partial charge < -0.3 is 26.0 Å². The van der Waals surface area contributed by atoms with Gasteiger partial charge in [-0.25, -0.2) is 14.8 Å². The van der Waals surface area contributed by atoms with Crippen LogP contribution in [0.2, 0.25) is 0 Å². The number of carbonyl (C=O) groups excluding carboxylic acids is 5. The van der Waals surface area contributed by atoms with Crippen molar-refractivity contribution in [3.63, 3.8) is 0 Å². The first kappa shape index (κ1) is 31.2. The van der Waals surface area contributed by atoms with E-state index in [1.54, 1.807) is 26.1 Å². The molecule has 2 bridgehead atoms. The van der Waals surface area contributed by atoms with Crippen LogP contribution in [0, 0.1) is 11.8 Å². The van der Waals surface area contributed by atoms with Crippen LogP contribution in [0.3, 0.4) is 0 Å². The molecule has 1 aromatic carbocycles. The highest BCUT2D eigenvalue weighted by molar-refractivity contribution is 6.38. The summed E-state index contributed by atoms with van der Waals surface area (Å²) in [5, 5.41) is 10.5. The predicted octanol–water partition coefficient (Wildman–Crippen LogP) is 1.23. The Labute approximate surface area is 239 Å². The molecule has 3 rings (SSSR count). The van der Waals surface area contributed by atoms with Gasteiger partial charge in [-0.1, -0.05) is 58.0 Å². The second-order valence-electron chi connectivity index (χ2n) is 10.7. The number of nitrogens with one attached hydrogen (secondary N) is 4. The van der Waals surface area contributed by atoms with Crippen molar-refractivity contribution >= 4 is 29.6 Å². The van der Waals surface area contributed by atoms with Crippen LogP contribution in [-0.2, 0) is 43.4 Å². The smallest absolute Gasteiger partial charge is 0.408 e. The van der Waals surface area contributed by atoms with Gasteiger partial charge >= 0.3 is 6.09 Å². The Balaban J connectivity index is 1.70. The molecule has 0 saturated carbocycles. The Morgan fingerprint density at radius 1 is 1.02 bits per heavy atom. The van der Waals surface area contributed by atoms with Crippen LogP contribution >= 0.6 is 0 Å². The minimum atomic E-state index is -1.23. The van der Waals surface area contributed by atoms with E-state index in [4.69, 9.17) is 4.74 Å². The van der Waals surface area contributed by atoms with Crippen molar-refractivity contribution in [1.29, 1.82) is 0 Å². The van der Waals surface area contributed by atoms with Gasteiger partial charge in [-0.2, -0.15) is 0 Å². The number of alkyl carbamates (subject to hydrolysis) is 1. The van der Waals surface area contributed by atoms with E-state index in [0.29, 0.717) is 17.9 Å². The highest BCUT2D eigenvalue weighted by Crippen LogP contribution is 2.11. The third kappa shape index (κ3) is 9.66. The van der Waals surface area contributed by atoms with Crippen molar-refractivity contribution < 1.29 is 28.7 Å². The molecule has 4 N–H and O–H groups in total. The summed E-state index contributed by atoms with van der Waals surface area (Å²) < 4.78 is 5.26. The van der Waals surface area contributed by atoms with Crippen LogP contribution in [0.15, 0.2) is 42.6 Å². The molecule has 12 heteroatoms. The van der Waals surface area contributed by atoms with Crippen molar-refractivity contribution in [2.45, 2.75) is 71.7 Å². The van der Waals surface area contributed by atoms with Crippen molar-refractivity contribution in [3.8, 4) is 0 Å². The van der Waals surface area contributed by atoms with Gasteiger partial charge in [-0.3, -0.25) is 19.2 Å². The molecule has 2 heterocycles.